The van der Waals surface area contributed by atoms with E-state index in [9.17, 15) is 8.42 Å². The van der Waals surface area contributed by atoms with Crippen LogP contribution in [0.2, 0.25) is 0 Å². The van der Waals surface area contributed by atoms with Crippen LogP contribution in [0, 0.1) is 12.8 Å². The Morgan fingerprint density at radius 3 is 2.62 bits per heavy atom. The second-order valence-electron chi connectivity index (χ2n) is 6.65. The van der Waals surface area contributed by atoms with E-state index in [1.54, 1.807) is 16.4 Å². The highest BCUT2D eigenvalue weighted by Gasteiger charge is 2.39. The number of nitrogens with zero attached hydrogens (tertiary/aromatic N) is 1. The first-order chi connectivity index (χ1) is 11.6. The molecule has 0 aliphatic carbocycles. The van der Waals surface area contributed by atoms with Crippen molar-refractivity contribution in [1.82, 2.24) is 4.31 Å². The monoisotopic (exact) mass is 343 g/mol. The Kier molecular flexibility index (Phi) is 3.95. The van der Waals surface area contributed by atoms with Gasteiger partial charge in [0.05, 0.1) is 11.0 Å². The van der Waals surface area contributed by atoms with Crippen molar-refractivity contribution in [3.8, 4) is 0 Å². The van der Waals surface area contributed by atoms with Crippen LogP contribution in [0.25, 0.3) is 0 Å². The summed E-state index contributed by atoms with van der Waals surface area (Å²) in [5.74, 6) is 0.217. The summed E-state index contributed by atoms with van der Waals surface area (Å²) < 4.78 is 33.8. The molecule has 24 heavy (non-hydrogen) atoms. The van der Waals surface area contributed by atoms with Gasteiger partial charge in [0.1, 0.15) is 0 Å². The van der Waals surface area contributed by atoms with E-state index in [1.165, 1.54) is 0 Å². The molecule has 0 saturated carbocycles. The second-order valence-corrected chi connectivity index (χ2v) is 8.59. The molecule has 2 atom stereocenters. The van der Waals surface area contributed by atoms with Gasteiger partial charge in [0.2, 0.25) is 10.0 Å². The van der Waals surface area contributed by atoms with Crippen LogP contribution >= 0.6 is 0 Å². The molecule has 2 aliphatic heterocycles. The number of fused-ring (bicyclic) bond motifs is 3. The van der Waals surface area contributed by atoms with E-state index in [2.05, 4.69) is 6.07 Å². The zero-order valence-electron chi connectivity index (χ0n) is 13.7. The summed E-state index contributed by atoms with van der Waals surface area (Å²) in [6, 6.07) is 15.1. The summed E-state index contributed by atoms with van der Waals surface area (Å²) >= 11 is 0. The van der Waals surface area contributed by atoms with Crippen molar-refractivity contribution >= 4 is 10.0 Å². The maximum absolute atomic E-state index is 13.1. The van der Waals surface area contributed by atoms with E-state index >= 15 is 0 Å². The molecule has 126 valence electrons. The number of sulfonamides is 1. The molecule has 0 bridgehead atoms. The Hall–Kier alpha value is -1.69. The SMILES string of the molecule is Cc1ccc(S(=O)(=O)N2Cc3ccccc3[C@H]3OCC[C@H]3C2)cc1. The molecule has 2 aromatic carbocycles. The maximum atomic E-state index is 13.1. The fraction of sp³-hybridized carbons (Fsp3) is 0.368. The standard InChI is InChI=1S/C19H21NO3S/c1-14-6-8-17(9-7-14)24(21,22)20-12-15-4-2-3-5-18(15)19-16(13-20)10-11-23-19/h2-9,16,19H,10-13H2,1H3/t16-,19-/m0/s1. The Morgan fingerprint density at radius 1 is 1.08 bits per heavy atom. The second kappa shape index (κ2) is 5.99. The smallest absolute Gasteiger partial charge is 0.243 e. The predicted molar refractivity (Wildman–Crippen MR) is 92.0 cm³/mol. The predicted octanol–water partition coefficient (Wildman–Crippen LogP) is 3.28. The van der Waals surface area contributed by atoms with Crippen LogP contribution in [-0.4, -0.2) is 25.9 Å². The average molecular weight is 343 g/mol. The van der Waals surface area contributed by atoms with E-state index < -0.39 is 10.0 Å². The molecular formula is C19H21NO3S. The molecule has 0 amide bonds. The number of ether oxygens (including phenoxy) is 1. The zero-order valence-corrected chi connectivity index (χ0v) is 14.5. The minimum absolute atomic E-state index is 0.0133. The molecule has 2 aliphatic rings. The third-order valence-corrected chi connectivity index (χ3v) is 6.85. The van der Waals surface area contributed by atoms with E-state index in [1.807, 2.05) is 37.3 Å². The minimum atomic E-state index is -3.51. The summed E-state index contributed by atoms with van der Waals surface area (Å²) in [7, 11) is -3.51. The molecule has 4 nitrogen and oxygen atoms in total. The van der Waals surface area contributed by atoms with Crippen LogP contribution in [0.4, 0.5) is 0 Å². The van der Waals surface area contributed by atoms with Gasteiger partial charge in [0, 0.05) is 25.6 Å². The first kappa shape index (κ1) is 15.8. The third kappa shape index (κ3) is 2.66. The van der Waals surface area contributed by atoms with E-state index in [0.29, 0.717) is 24.6 Å². The van der Waals surface area contributed by atoms with Crippen molar-refractivity contribution in [2.75, 3.05) is 13.2 Å². The van der Waals surface area contributed by atoms with Gasteiger partial charge in [-0.3, -0.25) is 0 Å². The van der Waals surface area contributed by atoms with Crippen molar-refractivity contribution in [2.24, 2.45) is 5.92 Å². The maximum Gasteiger partial charge on any atom is 0.243 e. The lowest BCUT2D eigenvalue weighted by atomic mass is 9.94. The van der Waals surface area contributed by atoms with E-state index in [0.717, 1.165) is 23.1 Å². The van der Waals surface area contributed by atoms with Crippen molar-refractivity contribution in [1.29, 1.82) is 0 Å². The molecule has 2 heterocycles. The van der Waals surface area contributed by atoms with Crippen molar-refractivity contribution < 1.29 is 13.2 Å². The van der Waals surface area contributed by atoms with Crippen LogP contribution in [0.5, 0.6) is 0 Å². The molecule has 0 aromatic heterocycles. The van der Waals surface area contributed by atoms with Gasteiger partial charge >= 0.3 is 0 Å². The summed E-state index contributed by atoms with van der Waals surface area (Å²) in [6.07, 6.45) is 0.915. The van der Waals surface area contributed by atoms with Gasteiger partial charge in [0.15, 0.2) is 0 Å². The van der Waals surface area contributed by atoms with Crippen LogP contribution in [-0.2, 0) is 21.3 Å². The number of hydrogen-bond acceptors (Lipinski definition) is 3. The third-order valence-electron chi connectivity index (χ3n) is 5.02. The number of rotatable bonds is 2. The highest BCUT2D eigenvalue weighted by Crippen LogP contribution is 2.40. The first-order valence-corrected chi connectivity index (χ1v) is 9.76. The van der Waals surface area contributed by atoms with Gasteiger partial charge in [-0.05, 0) is 36.6 Å². The largest absolute Gasteiger partial charge is 0.373 e. The molecule has 0 spiro atoms. The van der Waals surface area contributed by atoms with E-state index in [4.69, 9.17) is 4.74 Å². The Bertz CT molecular complexity index is 845. The van der Waals surface area contributed by atoms with Gasteiger partial charge in [-0.2, -0.15) is 4.31 Å². The van der Waals surface area contributed by atoms with E-state index in [-0.39, 0.29) is 12.0 Å². The van der Waals surface area contributed by atoms with Crippen LogP contribution in [0.15, 0.2) is 53.4 Å². The molecule has 1 saturated heterocycles. The molecule has 4 rings (SSSR count). The molecule has 0 unspecified atom stereocenters. The number of benzene rings is 2. The average Bonchev–Trinajstić information content (AvgIpc) is 2.97. The first-order valence-electron chi connectivity index (χ1n) is 8.32. The molecule has 0 N–H and O–H groups in total. The lowest BCUT2D eigenvalue weighted by Gasteiger charge is -2.23. The summed E-state index contributed by atoms with van der Waals surface area (Å²) in [5, 5.41) is 0. The number of aryl methyl sites for hydroxylation is 1. The van der Waals surface area contributed by atoms with Crippen molar-refractivity contribution in [3.63, 3.8) is 0 Å². The topological polar surface area (TPSA) is 46.6 Å². The Labute approximate surface area is 143 Å². The molecular weight excluding hydrogens is 322 g/mol. The van der Waals surface area contributed by atoms with Crippen LogP contribution in [0.3, 0.4) is 0 Å². The van der Waals surface area contributed by atoms with Crippen LogP contribution < -0.4 is 0 Å². The van der Waals surface area contributed by atoms with Gasteiger partial charge in [-0.15, -0.1) is 0 Å². The quantitative estimate of drug-likeness (QED) is 0.841. The highest BCUT2D eigenvalue weighted by molar-refractivity contribution is 7.89. The van der Waals surface area contributed by atoms with Gasteiger partial charge in [0.25, 0.3) is 0 Å². The summed E-state index contributed by atoms with van der Waals surface area (Å²) in [6.45, 7) is 3.57. The summed E-state index contributed by atoms with van der Waals surface area (Å²) in [4.78, 5) is 0.364. The summed E-state index contributed by atoms with van der Waals surface area (Å²) in [5.41, 5.74) is 3.24. The number of hydrogen-bond donors (Lipinski definition) is 0. The normalized spacial score (nSPS) is 24.2. The molecule has 1 fully saturated rings. The molecule has 0 radical (unpaired) electrons. The minimum Gasteiger partial charge on any atom is -0.373 e. The van der Waals surface area contributed by atoms with Gasteiger partial charge in [-0.25, -0.2) is 8.42 Å². The van der Waals surface area contributed by atoms with Gasteiger partial charge in [-0.1, -0.05) is 42.0 Å². The lowest BCUT2D eigenvalue weighted by Crippen LogP contribution is -2.33. The lowest BCUT2D eigenvalue weighted by molar-refractivity contribution is 0.0894. The fourth-order valence-corrected chi connectivity index (χ4v) is 5.15. The molecule has 2 aromatic rings. The zero-order chi connectivity index (χ0) is 16.7. The fourth-order valence-electron chi connectivity index (χ4n) is 3.68. The Balaban J connectivity index is 1.75. The highest BCUT2D eigenvalue weighted by atomic mass is 32.2. The molecule has 5 heteroatoms. The Morgan fingerprint density at radius 2 is 1.83 bits per heavy atom. The van der Waals surface area contributed by atoms with Crippen LogP contribution in [0.1, 0.15) is 29.2 Å². The van der Waals surface area contributed by atoms with Crippen molar-refractivity contribution in [2.45, 2.75) is 30.9 Å². The van der Waals surface area contributed by atoms with Crippen molar-refractivity contribution in [3.05, 3.63) is 65.2 Å². The van der Waals surface area contributed by atoms with Gasteiger partial charge < -0.3 is 4.74 Å².